The van der Waals surface area contributed by atoms with Crippen LogP contribution in [-0.2, 0) is 49.2 Å². The number of esters is 2. The van der Waals surface area contributed by atoms with E-state index in [1.807, 2.05) is 12.1 Å². The summed E-state index contributed by atoms with van der Waals surface area (Å²) in [6.07, 6.45) is 0. The minimum absolute atomic E-state index is 0. The molecular formula is C18H22FeO6-6. The zero-order valence-corrected chi connectivity index (χ0v) is 15.8. The van der Waals surface area contributed by atoms with E-state index < -0.39 is 0 Å². The third-order valence-electron chi connectivity index (χ3n) is 3.22. The predicted octanol–water partition coefficient (Wildman–Crippen LogP) is 2.67. The molecule has 0 aliphatic heterocycles. The quantitative estimate of drug-likeness (QED) is 0.429. The van der Waals surface area contributed by atoms with Gasteiger partial charge in [0.15, 0.2) is 0 Å². The second-order valence-corrected chi connectivity index (χ2v) is 4.78. The van der Waals surface area contributed by atoms with Gasteiger partial charge in [-0.05, 0) is 0 Å². The topological polar surface area (TPSA) is 71.1 Å². The molecule has 0 spiro atoms. The SMILES string of the molecule is COC[c-]1[cH-][cH-][cH-][c-]1C(=O)OC.COC[c-]1cccc1C(=O)OC.[Fe]. The van der Waals surface area contributed by atoms with Gasteiger partial charge in [0.2, 0.25) is 5.97 Å². The van der Waals surface area contributed by atoms with Gasteiger partial charge in [0.1, 0.15) is 0 Å². The van der Waals surface area contributed by atoms with Crippen LogP contribution in [0.5, 0.6) is 0 Å². The molecule has 6 nitrogen and oxygen atoms in total. The Morgan fingerprint density at radius 3 is 2.28 bits per heavy atom. The van der Waals surface area contributed by atoms with Gasteiger partial charge in [0.05, 0.1) is 7.11 Å². The van der Waals surface area contributed by atoms with Crippen molar-refractivity contribution in [2.24, 2.45) is 0 Å². The maximum atomic E-state index is 11.1. The normalized spacial score (nSPS) is 9.44. The summed E-state index contributed by atoms with van der Waals surface area (Å²) in [6, 6.07) is 10.7. The van der Waals surface area contributed by atoms with Gasteiger partial charge in [-0.3, -0.25) is 0 Å². The van der Waals surface area contributed by atoms with Crippen LogP contribution in [0.4, 0.5) is 0 Å². The molecule has 2 rings (SSSR count). The Bertz CT molecular complexity index is 587. The van der Waals surface area contributed by atoms with E-state index in [4.69, 9.17) is 9.47 Å². The minimum atomic E-state index is -0.313. The van der Waals surface area contributed by atoms with Crippen LogP contribution in [0.2, 0.25) is 0 Å². The second-order valence-electron chi connectivity index (χ2n) is 4.78. The summed E-state index contributed by atoms with van der Waals surface area (Å²) in [5.41, 5.74) is 2.90. The second kappa shape index (κ2) is 12.4. The molecule has 144 valence electrons. The van der Waals surface area contributed by atoms with Gasteiger partial charge >= 0.3 is 0 Å². The summed E-state index contributed by atoms with van der Waals surface area (Å²) in [5.74, 6) is -0.626. The van der Waals surface area contributed by atoms with Crippen molar-refractivity contribution < 1.29 is 45.6 Å². The molecule has 0 N–H and O–H groups in total. The van der Waals surface area contributed by atoms with Crippen LogP contribution < -0.4 is 0 Å². The first-order chi connectivity index (χ1) is 11.6. The van der Waals surface area contributed by atoms with Gasteiger partial charge in [0, 0.05) is 45.0 Å². The Hall–Kier alpha value is -1.92. The zero-order valence-electron chi connectivity index (χ0n) is 14.7. The number of carbonyl (C=O) groups excluding carboxylic acids is 2. The summed E-state index contributed by atoms with van der Waals surface area (Å²) in [4.78, 5) is 22.2. The number of hydrogen-bond donors (Lipinski definition) is 0. The number of ether oxygens (including phenoxy) is 4. The third-order valence-corrected chi connectivity index (χ3v) is 3.22. The molecule has 0 saturated heterocycles. The van der Waals surface area contributed by atoms with Crippen LogP contribution in [0, 0.1) is 0 Å². The number of rotatable bonds is 6. The number of carbonyl (C=O) groups is 2. The smallest absolute Gasteiger partial charge is 0.249 e. The molecule has 0 heterocycles. The van der Waals surface area contributed by atoms with Gasteiger partial charge in [-0.25, -0.2) is 0 Å². The first-order valence-electron chi connectivity index (χ1n) is 7.22. The van der Waals surface area contributed by atoms with E-state index in [0.717, 1.165) is 11.1 Å². The fourth-order valence-corrected chi connectivity index (χ4v) is 2.10. The fraction of sp³-hybridized carbons (Fsp3) is 0.333. The first kappa shape index (κ1) is 23.1. The first-order valence-corrected chi connectivity index (χ1v) is 7.22. The molecule has 0 amide bonds. The summed E-state index contributed by atoms with van der Waals surface area (Å²) in [5, 5.41) is 0. The van der Waals surface area contributed by atoms with Crippen molar-refractivity contribution in [2.45, 2.75) is 13.2 Å². The molecule has 0 atom stereocenters. The van der Waals surface area contributed by atoms with E-state index in [0.29, 0.717) is 24.3 Å². The molecule has 0 unspecified atom stereocenters. The van der Waals surface area contributed by atoms with E-state index in [9.17, 15) is 9.59 Å². The van der Waals surface area contributed by atoms with Crippen LogP contribution >= 0.6 is 0 Å². The molecular weight excluding hydrogens is 368 g/mol. The van der Waals surface area contributed by atoms with Crippen molar-refractivity contribution in [3.63, 3.8) is 0 Å². The molecule has 25 heavy (non-hydrogen) atoms. The van der Waals surface area contributed by atoms with E-state index in [1.165, 1.54) is 14.2 Å². The van der Waals surface area contributed by atoms with Crippen LogP contribution in [0.25, 0.3) is 0 Å². The van der Waals surface area contributed by atoms with Crippen molar-refractivity contribution in [3.8, 4) is 0 Å². The van der Waals surface area contributed by atoms with E-state index in [2.05, 4.69) is 9.47 Å². The molecule has 0 aliphatic carbocycles. The van der Waals surface area contributed by atoms with Gasteiger partial charge in [-0.2, -0.15) is 12.1 Å². The Balaban J connectivity index is 0.000000443. The molecule has 0 aliphatic rings. The average molecular weight is 390 g/mol. The molecule has 2 aromatic rings. The Labute approximate surface area is 158 Å². The predicted molar refractivity (Wildman–Crippen MR) is 88.2 cm³/mol. The third kappa shape index (κ3) is 6.84. The maximum absolute atomic E-state index is 11.1. The number of methoxy groups -OCH3 is 4. The largest absolute Gasteiger partial charge is 0.717 e. The molecule has 2 aromatic carbocycles. The molecule has 0 radical (unpaired) electrons. The van der Waals surface area contributed by atoms with Crippen LogP contribution in [-0.4, -0.2) is 40.4 Å². The summed E-state index contributed by atoms with van der Waals surface area (Å²) in [7, 11) is 5.92. The molecule has 7 heteroatoms. The monoisotopic (exact) mass is 390 g/mol. The van der Waals surface area contributed by atoms with E-state index >= 15 is 0 Å². The Morgan fingerprint density at radius 2 is 1.72 bits per heavy atom. The summed E-state index contributed by atoms with van der Waals surface area (Å²) >= 11 is 0. The van der Waals surface area contributed by atoms with Crippen LogP contribution in [0.3, 0.4) is 0 Å². The minimum Gasteiger partial charge on any atom is -0.717 e. The van der Waals surface area contributed by atoms with Gasteiger partial charge in [-0.15, -0.1) is 12.0 Å². The molecule has 0 bridgehead atoms. The van der Waals surface area contributed by atoms with Crippen LogP contribution in [0.1, 0.15) is 31.8 Å². The van der Waals surface area contributed by atoms with E-state index in [1.54, 1.807) is 38.5 Å². The maximum Gasteiger partial charge on any atom is 0.249 e. The van der Waals surface area contributed by atoms with Crippen molar-refractivity contribution in [1.29, 1.82) is 0 Å². The molecule has 0 aromatic heterocycles. The molecule has 0 fully saturated rings. The van der Waals surface area contributed by atoms with Crippen molar-refractivity contribution in [3.05, 3.63) is 58.7 Å². The molecule has 0 saturated carbocycles. The van der Waals surface area contributed by atoms with Gasteiger partial charge in [0.25, 0.3) is 0 Å². The van der Waals surface area contributed by atoms with Crippen molar-refractivity contribution in [1.82, 2.24) is 0 Å². The Morgan fingerprint density at radius 1 is 1.04 bits per heavy atom. The summed E-state index contributed by atoms with van der Waals surface area (Å²) < 4.78 is 19.0. The van der Waals surface area contributed by atoms with Gasteiger partial charge < -0.3 is 57.9 Å². The van der Waals surface area contributed by atoms with Gasteiger partial charge in [-0.1, -0.05) is 17.7 Å². The number of hydrogen-bond acceptors (Lipinski definition) is 6. The summed E-state index contributed by atoms with van der Waals surface area (Å²) in [6.45, 7) is 0.884. The zero-order chi connectivity index (χ0) is 17.9. The van der Waals surface area contributed by atoms with Crippen LogP contribution in [0.15, 0.2) is 36.4 Å². The standard InChI is InChI=1S/2C9H11O3.Fe/c2*1-11-6-7-4-3-5-8(7)9(10)12-2;/h2*3-5H,6H2,1-2H3;/q-5;-1;. The Kier molecular flexibility index (Phi) is 11.5. The van der Waals surface area contributed by atoms with Crippen molar-refractivity contribution >= 4 is 11.9 Å². The average Bonchev–Trinajstić information content (AvgIpc) is 3.24. The fourth-order valence-electron chi connectivity index (χ4n) is 2.10. The van der Waals surface area contributed by atoms with Crippen molar-refractivity contribution in [2.75, 3.05) is 28.4 Å². The van der Waals surface area contributed by atoms with E-state index in [-0.39, 0.29) is 29.0 Å².